The molecule has 4 heteroatoms. The van der Waals surface area contributed by atoms with Crippen molar-refractivity contribution in [1.29, 1.82) is 0 Å². The van der Waals surface area contributed by atoms with E-state index in [1.807, 2.05) is 64.1 Å². The number of nitrogens with one attached hydrogen (secondary N) is 2. The van der Waals surface area contributed by atoms with Crippen molar-refractivity contribution in [3.8, 4) is 0 Å². The van der Waals surface area contributed by atoms with Crippen LogP contribution in [0.25, 0.3) is 0 Å². The summed E-state index contributed by atoms with van der Waals surface area (Å²) in [5.41, 5.74) is 4.48. The fraction of sp³-hybridized carbons (Fsp3) is 0.333. The lowest BCUT2D eigenvalue weighted by Gasteiger charge is -2.24. The van der Waals surface area contributed by atoms with Crippen molar-refractivity contribution >= 4 is 23.2 Å². The molecule has 2 amide bonds. The summed E-state index contributed by atoms with van der Waals surface area (Å²) in [6, 6.07) is 11.5. The highest BCUT2D eigenvalue weighted by atomic mass is 16.2. The van der Waals surface area contributed by atoms with Gasteiger partial charge in [0, 0.05) is 11.4 Å². The molecular weight excluding hydrogens is 312 g/mol. The van der Waals surface area contributed by atoms with Crippen LogP contribution in [0.2, 0.25) is 0 Å². The number of anilines is 2. The molecule has 0 aliphatic heterocycles. The largest absolute Gasteiger partial charge is 0.325 e. The first kappa shape index (κ1) is 18.7. The van der Waals surface area contributed by atoms with E-state index in [1.165, 1.54) is 0 Å². The van der Waals surface area contributed by atoms with E-state index in [1.54, 1.807) is 13.8 Å². The highest BCUT2D eigenvalue weighted by Crippen LogP contribution is 2.26. The van der Waals surface area contributed by atoms with Gasteiger partial charge >= 0.3 is 0 Å². The van der Waals surface area contributed by atoms with Crippen LogP contribution in [-0.4, -0.2) is 11.8 Å². The van der Waals surface area contributed by atoms with Crippen molar-refractivity contribution < 1.29 is 9.59 Å². The normalized spacial score (nSPS) is 11.1. The minimum absolute atomic E-state index is 0.327. The van der Waals surface area contributed by atoms with E-state index in [0.717, 1.165) is 27.9 Å². The van der Waals surface area contributed by atoms with Crippen LogP contribution in [0.5, 0.6) is 0 Å². The van der Waals surface area contributed by atoms with Crippen molar-refractivity contribution in [2.24, 2.45) is 5.41 Å². The number of rotatable bonds is 4. The molecule has 0 saturated heterocycles. The fourth-order valence-electron chi connectivity index (χ4n) is 2.67. The molecule has 0 saturated carbocycles. The van der Waals surface area contributed by atoms with Gasteiger partial charge in [0.25, 0.3) is 0 Å². The second-order valence-electron chi connectivity index (χ2n) is 7.17. The first-order valence-electron chi connectivity index (χ1n) is 8.38. The number of hydrogen-bond acceptors (Lipinski definition) is 2. The van der Waals surface area contributed by atoms with Gasteiger partial charge in [-0.05, 0) is 64.8 Å². The number of carbonyl (C=O) groups excluding carboxylic acids is 2. The summed E-state index contributed by atoms with van der Waals surface area (Å²) >= 11 is 0. The van der Waals surface area contributed by atoms with E-state index in [0.29, 0.717) is 5.69 Å². The molecule has 4 nitrogen and oxygen atoms in total. The van der Waals surface area contributed by atoms with Crippen molar-refractivity contribution in [2.45, 2.75) is 41.5 Å². The Labute approximate surface area is 149 Å². The van der Waals surface area contributed by atoms with E-state index in [9.17, 15) is 9.59 Å². The van der Waals surface area contributed by atoms with Crippen LogP contribution in [-0.2, 0) is 9.59 Å². The molecule has 0 heterocycles. The van der Waals surface area contributed by atoms with Gasteiger partial charge in [-0.25, -0.2) is 0 Å². The monoisotopic (exact) mass is 338 g/mol. The first-order valence-corrected chi connectivity index (χ1v) is 8.38. The van der Waals surface area contributed by atoms with Crippen molar-refractivity contribution in [1.82, 2.24) is 0 Å². The van der Waals surface area contributed by atoms with Crippen molar-refractivity contribution in [3.05, 3.63) is 58.7 Å². The Morgan fingerprint density at radius 3 is 1.76 bits per heavy atom. The third kappa shape index (κ3) is 4.27. The van der Waals surface area contributed by atoms with Crippen LogP contribution >= 0.6 is 0 Å². The van der Waals surface area contributed by atoms with Crippen LogP contribution in [0.15, 0.2) is 36.4 Å². The average molecular weight is 338 g/mol. The van der Waals surface area contributed by atoms with Crippen LogP contribution in [0.1, 0.15) is 36.1 Å². The Kier molecular flexibility index (Phi) is 5.31. The molecule has 0 aliphatic rings. The smallest absolute Gasteiger partial charge is 0.239 e. The number of hydrogen-bond donors (Lipinski definition) is 2. The minimum atomic E-state index is -1.20. The van der Waals surface area contributed by atoms with Gasteiger partial charge in [0.1, 0.15) is 5.41 Å². The summed E-state index contributed by atoms with van der Waals surface area (Å²) in [5, 5.41) is 5.74. The maximum Gasteiger partial charge on any atom is 0.239 e. The van der Waals surface area contributed by atoms with E-state index < -0.39 is 5.41 Å². The molecular formula is C21H26N2O2. The second kappa shape index (κ2) is 7.09. The zero-order valence-electron chi connectivity index (χ0n) is 15.8. The molecule has 2 aromatic carbocycles. The summed E-state index contributed by atoms with van der Waals surface area (Å²) in [6.07, 6.45) is 0. The molecule has 2 rings (SSSR count). The van der Waals surface area contributed by atoms with Crippen LogP contribution in [0, 0.1) is 33.1 Å². The van der Waals surface area contributed by atoms with Gasteiger partial charge in [-0.15, -0.1) is 0 Å². The lowest BCUT2D eigenvalue weighted by Crippen LogP contribution is -2.41. The lowest BCUT2D eigenvalue weighted by atomic mass is 9.90. The molecule has 0 aromatic heterocycles. The summed E-state index contributed by atoms with van der Waals surface area (Å²) in [5.74, 6) is -0.663. The summed E-state index contributed by atoms with van der Waals surface area (Å²) in [4.78, 5) is 25.3. The second-order valence-corrected chi connectivity index (χ2v) is 7.17. The van der Waals surface area contributed by atoms with E-state index in [2.05, 4.69) is 10.6 Å². The SMILES string of the molecule is Cc1ccc(NC(=O)C(C)(C)C(=O)Nc2c(C)cc(C)cc2C)cc1. The predicted molar refractivity (Wildman–Crippen MR) is 103 cm³/mol. The Morgan fingerprint density at radius 2 is 1.24 bits per heavy atom. The van der Waals surface area contributed by atoms with Crippen molar-refractivity contribution in [3.63, 3.8) is 0 Å². The summed E-state index contributed by atoms with van der Waals surface area (Å²) < 4.78 is 0. The van der Waals surface area contributed by atoms with E-state index in [4.69, 9.17) is 0 Å². The quantitative estimate of drug-likeness (QED) is 0.805. The molecule has 0 unspecified atom stereocenters. The average Bonchev–Trinajstić information content (AvgIpc) is 2.52. The number of amides is 2. The molecule has 0 spiro atoms. The minimum Gasteiger partial charge on any atom is -0.325 e. The highest BCUT2D eigenvalue weighted by molar-refractivity contribution is 6.14. The highest BCUT2D eigenvalue weighted by Gasteiger charge is 2.36. The molecule has 132 valence electrons. The van der Waals surface area contributed by atoms with Gasteiger partial charge in [0.15, 0.2) is 0 Å². The zero-order chi connectivity index (χ0) is 18.8. The molecule has 2 N–H and O–H groups in total. The third-order valence-electron chi connectivity index (χ3n) is 4.36. The van der Waals surface area contributed by atoms with Gasteiger partial charge in [-0.1, -0.05) is 35.4 Å². The zero-order valence-corrected chi connectivity index (χ0v) is 15.8. The van der Waals surface area contributed by atoms with E-state index >= 15 is 0 Å². The standard InChI is InChI=1S/C21H26N2O2/c1-13-7-9-17(10-8-13)22-19(24)21(5,6)20(25)23-18-15(3)11-14(2)12-16(18)4/h7-12H,1-6H3,(H,22,24)(H,23,25). The summed E-state index contributed by atoms with van der Waals surface area (Å²) in [6.45, 7) is 11.2. The van der Waals surface area contributed by atoms with Gasteiger partial charge in [-0.2, -0.15) is 0 Å². The van der Waals surface area contributed by atoms with Crippen molar-refractivity contribution in [2.75, 3.05) is 10.6 Å². The Hall–Kier alpha value is -2.62. The molecule has 0 aliphatic carbocycles. The molecule has 0 bridgehead atoms. The third-order valence-corrected chi connectivity index (χ3v) is 4.36. The topological polar surface area (TPSA) is 58.2 Å². The molecule has 0 fully saturated rings. The van der Waals surface area contributed by atoms with Crippen LogP contribution in [0.4, 0.5) is 11.4 Å². The number of benzene rings is 2. The maximum atomic E-state index is 12.7. The van der Waals surface area contributed by atoms with Crippen LogP contribution in [0.3, 0.4) is 0 Å². The predicted octanol–water partition coefficient (Wildman–Crippen LogP) is 4.52. The van der Waals surface area contributed by atoms with Gasteiger partial charge in [0.2, 0.25) is 11.8 Å². The first-order chi connectivity index (χ1) is 11.6. The molecule has 25 heavy (non-hydrogen) atoms. The number of carbonyl (C=O) groups is 2. The Balaban J connectivity index is 2.16. The van der Waals surface area contributed by atoms with E-state index in [-0.39, 0.29) is 11.8 Å². The molecule has 2 aromatic rings. The van der Waals surface area contributed by atoms with Crippen LogP contribution < -0.4 is 10.6 Å². The number of aryl methyl sites for hydroxylation is 4. The van der Waals surface area contributed by atoms with Gasteiger partial charge in [-0.3, -0.25) is 9.59 Å². The lowest BCUT2D eigenvalue weighted by molar-refractivity contribution is -0.135. The van der Waals surface area contributed by atoms with Gasteiger partial charge < -0.3 is 10.6 Å². The molecule has 0 atom stereocenters. The Bertz CT molecular complexity index is 782. The maximum absolute atomic E-state index is 12.7. The Morgan fingerprint density at radius 1 is 0.760 bits per heavy atom. The molecule has 0 radical (unpaired) electrons. The fourth-order valence-corrected chi connectivity index (χ4v) is 2.67. The van der Waals surface area contributed by atoms with Gasteiger partial charge in [0.05, 0.1) is 0 Å². The summed E-state index contributed by atoms with van der Waals surface area (Å²) in [7, 11) is 0.